The molecule has 0 bridgehead atoms. The van der Waals surface area contributed by atoms with Crippen molar-refractivity contribution in [3.8, 4) is 11.8 Å². The third-order valence-corrected chi connectivity index (χ3v) is 1.48. The highest BCUT2D eigenvalue weighted by Crippen LogP contribution is 2.06. The van der Waals surface area contributed by atoms with Gasteiger partial charge in [0.05, 0.1) is 0 Å². The van der Waals surface area contributed by atoms with Crippen LogP contribution in [0.25, 0.3) is 16.0 Å². The van der Waals surface area contributed by atoms with E-state index in [-0.39, 0.29) is 0 Å². The molecule has 0 radical (unpaired) electrons. The number of hydrogen-bond donors (Lipinski definition) is 0. The fourth-order valence-corrected chi connectivity index (χ4v) is 0.957. The summed E-state index contributed by atoms with van der Waals surface area (Å²) in [5.74, 6) is 6.27. The Kier molecular flexibility index (Phi) is 7.96. The average molecular weight is 150 g/mol. The molecule has 0 aromatic carbocycles. The largest absolute Gasteiger partial charge is 0.373 e. The molecule has 0 N–H and O–H groups in total. The van der Waals surface area contributed by atoms with E-state index in [1.54, 1.807) is 0 Å². The smallest absolute Gasteiger partial charge is 0.00886 e. The van der Waals surface area contributed by atoms with Crippen LogP contribution in [0.1, 0.15) is 38.5 Å². The van der Waals surface area contributed by atoms with Crippen LogP contribution in [0.3, 0.4) is 0 Å². The van der Waals surface area contributed by atoms with Crippen LogP contribution in [0, 0.1) is 11.8 Å². The molecule has 3 nitrogen and oxygen atoms in total. The lowest BCUT2D eigenvalue weighted by molar-refractivity contribution is 0.652. The Bertz CT molecular complexity index is 158. The van der Waals surface area contributed by atoms with Crippen LogP contribution in [-0.4, -0.2) is 0 Å². The maximum Gasteiger partial charge on any atom is 0.00886 e. The molecule has 0 aromatic heterocycles. The normalized spacial score (nSPS) is 15.3. The molecule has 1 aliphatic rings. The van der Waals surface area contributed by atoms with E-state index in [1.165, 1.54) is 30.6 Å². The van der Waals surface area contributed by atoms with E-state index in [4.69, 9.17) is 11.1 Å². The molecule has 3 heteroatoms. The van der Waals surface area contributed by atoms with Gasteiger partial charge < -0.3 is 11.1 Å². The van der Waals surface area contributed by atoms with Crippen LogP contribution in [0.15, 0.2) is 0 Å². The van der Waals surface area contributed by atoms with E-state index < -0.39 is 0 Å². The molecular weight excluding hydrogens is 138 g/mol. The lowest BCUT2D eigenvalue weighted by Crippen LogP contribution is -1.80. The summed E-state index contributed by atoms with van der Waals surface area (Å²) in [6.07, 6.45) is 7.73. The fourth-order valence-electron chi connectivity index (χ4n) is 0.957. The van der Waals surface area contributed by atoms with Crippen molar-refractivity contribution < 1.29 is 0 Å². The van der Waals surface area contributed by atoms with Crippen molar-refractivity contribution in [2.24, 2.45) is 0 Å². The molecule has 1 rings (SSSR count). The second-order valence-electron chi connectivity index (χ2n) is 2.36. The van der Waals surface area contributed by atoms with Gasteiger partial charge >= 0.3 is 0 Å². The third kappa shape index (κ3) is 8.87. The van der Waals surface area contributed by atoms with Crippen LogP contribution < -0.4 is 0 Å². The summed E-state index contributed by atoms with van der Waals surface area (Å²) >= 11 is 0. The van der Waals surface area contributed by atoms with Crippen LogP contribution in [0.5, 0.6) is 0 Å². The van der Waals surface area contributed by atoms with Crippen molar-refractivity contribution >= 4 is 0 Å². The average Bonchev–Trinajstić information content (AvgIpc) is 1.86. The summed E-state index contributed by atoms with van der Waals surface area (Å²) < 4.78 is 0. The van der Waals surface area contributed by atoms with Gasteiger partial charge in [-0.2, -0.15) is 0 Å². The summed E-state index contributed by atoms with van der Waals surface area (Å²) in [6, 6.07) is 0. The topological polar surface area (TPSA) is 58.7 Å². The fraction of sp³-hybridized carbons (Fsp3) is 0.750. The van der Waals surface area contributed by atoms with E-state index in [0.717, 1.165) is 12.8 Å². The lowest BCUT2D eigenvalue weighted by Gasteiger charge is -1.97. The first-order valence-corrected chi connectivity index (χ1v) is 3.86. The molecule has 11 heavy (non-hydrogen) atoms. The minimum absolute atomic E-state index is 1.14. The highest BCUT2D eigenvalue weighted by atomic mass is 15.0. The van der Waals surface area contributed by atoms with Crippen molar-refractivity contribution in [2.75, 3.05) is 0 Å². The Morgan fingerprint density at radius 2 is 1.18 bits per heavy atom. The van der Waals surface area contributed by atoms with Gasteiger partial charge in [-0.25, -0.2) is 0 Å². The Morgan fingerprint density at radius 3 is 1.55 bits per heavy atom. The van der Waals surface area contributed by atoms with Crippen molar-refractivity contribution in [1.82, 2.24) is 0 Å². The Hall–Kier alpha value is -1.13. The van der Waals surface area contributed by atoms with Gasteiger partial charge in [-0.15, -0.1) is 11.8 Å². The number of nitrogens with zero attached hydrogens (tertiary/aromatic N) is 3. The van der Waals surface area contributed by atoms with E-state index in [9.17, 15) is 0 Å². The zero-order valence-corrected chi connectivity index (χ0v) is 6.58. The number of rotatable bonds is 0. The molecule has 0 atom stereocenters. The maximum atomic E-state index is 6.75. The number of hydrogen-bond acceptors (Lipinski definition) is 0. The summed E-state index contributed by atoms with van der Waals surface area (Å²) in [7, 11) is 0. The van der Waals surface area contributed by atoms with Gasteiger partial charge in [-0.05, 0) is 12.8 Å². The van der Waals surface area contributed by atoms with Gasteiger partial charge in [-0.1, -0.05) is 12.8 Å². The van der Waals surface area contributed by atoms with Crippen molar-refractivity contribution in [1.29, 1.82) is 0 Å². The molecule has 0 aliphatic heterocycles. The SMILES string of the molecule is C1#CCCCCCC1.[N-]=[N+]=[N-]. The van der Waals surface area contributed by atoms with E-state index in [1.807, 2.05) is 0 Å². The zero-order chi connectivity index (χ0) is 8.36. The molecular formula is C8H12N3-. The molecule has 0 saturated heterocycles. The second kappa shape index (κ2) is 8.87. The van der Waals surface area contributed by atoms with Crippen LogP contribution >= 0.6 is 0 Å². The molecule has 0 spiro atoms. The Morgan fingerprint density at radius 1 is 0.818 bits per heavy atom. The van der Waals surface area contributed by atoms with Crippen LogP contribution in [0.2, 0.25) is 0 Å². The van der Waals surface area contributed by atoms with Crippen molar-refractivity contribution in [3.63, 3.8) is 0 Å². The van der Waals surface area contributed by atoms with Gasteiger partial charge in [0, 0.05) is 12.8 Å². The third-order valence-electron chi connectivity index (χ3n) is 1.48. The van der Waals surface area contributed by atoms with Gasteiger partial charge in [0.2, 0.25) is 0 Å². The highest BCUT2D eigenvalue weighted by Gasteiger charge is 1.89. The lowest BCUT2D eigenvalue weighted by atomic mass is 10.1. The molecule has 0 fully saturated rings. The molecule has 60 valence electrons. The molecule has 0 heterocycles. The summed E-state index contributed by atoms with van der Waals surface area (Å²) in [5, 5.41) is 0. The molecule has 0 amide bonds. The predicted molar refractivity (Wildman–Crippen MR) is 45.6 cm³/mol. The summed E-state index contributed by atoms with van der Waals surface area (Å²) in [5.41, 5.74) is 13.5. The minimum atomic E-state index is 1.14. The van der Waals surface area contributed by atoms with E-state index in [0.29, 0.717) is 0 Å². The highest BCUT2D eigenvalue weighted by molar-refractivity contribution is 4.99. The first-order valence-electron chi connectivity index (χ1n) is 3.86. The standard InChI is InChI=1S/C8H12.N3/c1-2-4-6-8-7-5-3-1;1-3-2/h1-6H2;/q;-1. The van der Waals surface area contributed by atoms with Gasteiger partial charge in [0.1, 0.15) is 0 Å². The second-order valence-corrected chi connectivity index (χ2v) is 2.36. The molecule has 0 aromatic rings. The van der Waals surface area contributed by atoms with Crippen molar-refractivity contribution in [2.45, 2.75) is 38.5 Å². The first kappa shape index (κ1) is 9.87. The van der Waals surface area contributed by atoms with Gasteiger partial charge in [0.15, 0.2) is 0 Å². The summed E-state index contributed by atoms with van der Waals surface area (Å²) in [6.45, 7) is 0. The van der Waals surface area contributed by atoms with E-state index in [2.05, 4.69) is 11.8 Å². The Balaban J connectivity index is 0.000000292. The molecule has 0 saturated carbocycles. The molecule has 1 aliphatic carbocycles. The predicted octanol–water partition coefficient (Wildman–Crippen LogP) is 3.21. The van der Waals surface area contributed by atoms with Crippen LogP contribution in [0.4, 0.5) is 0 Å². The van der Waals surface area contributed by atoms with Crippen molar-refractivity contribution in [3.05, 3.63) is 16.0 Å². The van der Waals surface area contributed by atoms with Crippen LogP contribution in [-0.2, 0) is 0 Å². The summed E-state index contributed by atoms with van der Waals surface area (Å²) in [4.78, 5) is 1.50. The van der Waals surface area contributed by atoms with Gasteiger partial charge in [0.25, 0.3) is 0 Å². The van der Waals surface area contributed by atoms with Gasteiger partial charge in [-0.3, -0.25) is 4.91 Å². The van der Waals surface area contributed by atoms with E-state index >= 15 is 0 Å². The monoisotopic (exact) mass is 150 g/mol. The molecule has 0 unspecified atom stereocenters. The first-order chi connectivity index (χ1) is 5.41. The minimum Gasteiger partial charge on any atom is -0.373 e. The zero-order valence-electron chi connectivity index (χ0n) is 6.58. The quantitative estimate of drug-likeness (QED) is 0.220. The maximum absolute atomic E-state index is 6.75. The Labute approximate surface area is 67.2 Å².